The van der Waals surface area contributed by atoms with Crippen molar-refractivity contribution >= 4 is 11.9 Å². The molecule has 1 unspecified atom stereocenters. The zero-order chi connectivity index (χ0) is 20.1. The number of anilines is 1. The van der Waals surface area contributed by atoms with E-state index in [1.54, 1.807) is 6.20 Å². The lowest BCUT2D eigenvalue weighted by Gasteiger charge is -2.36. The first-order valence-corrected chi connectivity index (χ1v) is 10.2. The molecule has 148 valence electrons. The zero-order valence-corrected chi connectivity index (χ0v) is 16.5. The first-order chi connectivity index (χ1) is 14.2. The van der Waals surface area contributed by atoms with Crippen molar-refractivity contribution in [1.82, 2.24) is 14.9 Å². The lowest BCUT2D eigenvalue weighted by molar-refractivity contribution is -0.135. The third kappa shape index (κ3) is 4.45. The normalized spacial score (nSPS) is 16.6. The number of likely N-dealkylation sites (tertiary alicyclic amines) is 1. The van der Waals surface area contributed by atoms with Crippen molar-refractivity contribution in [2.45, 2.75) is 38.1 Å². The minimum atomic E-state index is -0.0625. The summed E-state index contributed by atoms with van der Waals surface area (Å²) < 4.78 is 0. The van der Waals surface area contributed by atoms with Crippen LogP contribution < -0.4 is 5.73 Å². The minimum Gasteiger partial charge on any atom is -0.368 e. The summed E-state index contributed by atoms with van der Waals surface area (Å²) in [5, 5.41) is 0. The van der Waals surface area contributed by atoms with E-state index in [0.29, 0.717) is 6.42 Å². The molecule has 29 heavy (non-hydrogen) atoms. The van der Waals surface area contributed by atoms with Crippen LogP contribution in [0, 0.1) is 0 Å². The molecule has 1 fully saturated rings. The Labute approximate surface area is 171 Å². The van der Waals surface area contributed by atoms with Gasteiger partial charge < -0.3 is 10.6 Å². The van der Waals surface area contributed by atoms with Crippen molar-refractivity contribution in [3.63, 3.8) is 0 Å². The molecular weight excluding hydrogens is 360 g/mol. The van der Waals surface area contributed by atoms with Crippen molar-refractivity contribution in [1.29, 1.82) is 0 Å². The van der Waals surface area contributed by atoms with Gasteiger partial charge in [-0.15, -0.1) is 0 Å². The quantitative estimate of drug-likeness (QED) is 0.705. The summed E-state index contributed by atoms with van der Waals surface area (Å²) in [6.07, 6.45) is 6.03. The Kier molecular flexibility index (Phi) is 5.84. The van der Waals surface area contributed by atoms with E-state index < -0.39 is 0 Å². The van der Waals surface area contributed by atoms with Crippen molar-refractivity contribution in [3.05, 3.63) is 78.1 Å². The Bertz CT molecular complexity index is 959. The van der Waals surface area contributed by atoms with Gasteiger partial charge in [-0.25, -0.2) is 9.97 Å². The number of carbonyl (C=O) groups excluding carboxylic acids is 1. The van der Waals surface area contributed by atoms with Crippen molar-refractivity contribution < 1.29 is 4.79 Å². The van der Waals surface area contributed by atoms with Gasteiger partial charge in [-0.05, 0) is 36.8 Å². The second kappa shape index (κ2) is 8.86. The highest BCUT2D eigenvalue weighted by Crippen LogP contribution is 2.36. The molecule has 0 spiro atoms. The fourth-order valence-electron chi connectivity index (χ4n) is 4.06. The van der Waals surface area contributed by atoms with Gasteiger partial charge in [0.2, 0.25) is 11.9 Å². The molecule has 0 radical (unpaired) electrons. The van der Waals surface area contributed by atoms with E-state index in [2.05, 4.69) is 22.1 Å². The number of aryl methyl sites for hydroxylation is 1. The lowest BCUT2D eigenvalue weighted by atomic mass is 9.93. The van der Waals surface area contributed by atoms with Gasteiger partial charge in [0.05, 0.1) is 11.7 Å². The molecule has 1 aliphatic rings. The van der Waals surface area contributed by atoms with Crippen molar-refractivity contribution in [3.8, 4) is 11.1 Å². The average molecular weight is 386 g/mol. The maximum absolute atomic E-state index is 13.1. The molecule has 5 nitrogen and oxygen atoms in total. The second-order valence-electron chi connectivity index (χ2n) is 7.48. The fraction of sp³-hybridized carbons (Fsp3) is 0.292. The SMILES string of the molecule is Nc1ncc(-c2ccccc2)c(C2CCCCN2C(=O)CCc2ccccc2)n1. The van der Waals surface area contributed by atoms with Crippen LogP contribution in [-0.4, -0.2) is 27.3 Å². The number of nitrogens with zero attached hydrogens (tertiary/aromatic N) is 3. The number of nitrogen functional groups attached to an aromatic ring is 1. The maximum atomic E-state index is 13.1. The average Bonchev–Trinajstić information content (AvgIpc) is 2.78. The number of nitrogens with two attached hydrogens (primary N) is 1. The van der Waals surface area contributed by atoms with Gasteiger partial charge in [-0.3, -0.25) is 4.79 Å². The predicted octanol–water partition coefficient (Wildman–Crippen LogP) is 4.41. The Hall–Kier alpha value is -3.21. The number of amides is 1. The third-order valence-electron chi connectivity index (χ3n) is 5.53. The van der Waals surface area contributed by atoms with Gasteiger partial charge in [0, 0.05) is 24.7 Å². The third-order valence-corrected chi connectivity index (χ3v) is 5.53. The molecule has 5 heteroatoms. The first-order valence-electron chi connectivity index (χ1n) is 10.2. The van der Waals surface area contributed by atoms with Gasteiger partial charge >= 0.3 is 0 Å². The second-order valence-corrected chi connectivity index (χ2v) is 7.48. The van der Waals surface area contributed by atoms with E-state index in [1.807, 2.05) is 53.4 Å². The number of aromatic nitrogens is 2. The Morgan fingerprint density at radius 3 is 2.52 bits per heavy atom. The van der Waals surface area contributed by atoms with E-state index in [1.165, 1.54) is 5.56 Å². The van der Waals surface area contributed by atoms with E-state index in [4.69, 9.17) is 5.73 Å². The molecule has 1 atom stereocenters. The molecule has 2 aromatic carbocycles. The van der Waals surface area contributed by atoms with Crippen LogP contribution in [0.5, 0.6) is 0 Å². The highest BCUT2D eigenvalue weighted by Gasteiger charge is 2.31. The van der Waals surface area contributed by atoms with Crippen LogP contribution in [0.1, 0.15) is 43.0 Å². The summed E-state index contributed by atoms with van der Waals surface area (Å²) in [5.74, 6) is 0.427. The zero-order valence-electron chi connectivity index (χ0n) is 16.5. The molecule has 0 saturated carbocycles. The van der Waals surface area contributed by atoms with Gasteiger partial charge in [-0.1, -0.05) is 60.7 Å². The fourth-order valence-corrected chi connectivity index (χ4v) is 4.06. The van der Waals surface area contributed by atoms with Gasteiger partial charge in [0.15, 0.2) is 0 Å². The molecule has 1 aliphatic heterocycles. The Morgan fingerprint density at radius 1 is 1.03 bits per heavy atom. The van der Waals surface area contributed by atoms with Crippen LogP contribution in [0.2, 0.25) is 0 Å². The van der Waals surface area contributed by atoms with E-state index >= 15 is 0 Å². The molecule has 0 aliphatic carbocycles. The van der Waals surface area contributed by atoms with Crippen LogP contribution in [0.3, 0.4) is 0 Å². The maximum Gasteiger partial charge on any atom is 0.223 e. The van der Waals surface area contributed by atoms with Crippen LogP contribution in [0.15, 0.2) is 66.9 Å². The molecule has 0 bridgehead atoms. The van der Waals surface area contributed by atoms with E-state index in [9.17, 15) is 4.79 Å². The standard InChI is InChI=1S/C24H26N4O/c25-24-26-17-20(19-11-5-2-6-12-19)23(27-24)21-13-7-8-16-28(21)22(29)15-14-18-9-3-1-4-10-18/h1-6,9-12,17,21H,7-8,13-16H2,(H2,25,26,27). The molecule has 1 amide bonds. The van der Waals surface area contributed by atoms with E-state index in [0.717, 1.165) is 49.0 Å². The number of benzene rings is 2. The Morgan fingerprint density at radius 2 is 1.76 bits per heavy atom. The molecule has 3 aromatic rings. The Balaban J connectivity index is 1.61. The van der Waals surface area contributed by atoms with Crippen LogP contribution in [0.25, 0.3) is 11.1 Å². The van der Waals surface area contributed by atoms with Crippen molar-refractivity contribution in [2.24, 2.45) is 0 Å². The van der Waals surface area contributed by atoms with Gasteiger partial charge in [0.1, 0.15) is 0 Å². The lowest BCUT2D eigenvalue weighted by Crippen LogP contribution is -2.39. The van der Waals surface area contributed by atoms with E-state index in [-0.39, 0.29) is 17.9 Å². The minimum absolute atomic E-state index is 0.0625. The first kappa shape index (κ1) is 19.1. The summed E-state index contributed by atoms with van der Waals surface area (Å²) in [7, 11) is 0. The molecule has 1 saturated heterocycles. The summed E-state index contributed by atoms with van der Waals surface area (Å²) in [6.45, 7) is 0.760. The summed E-state index contributed by atoms with van der Waals surface area (Å²) >= 11 is 0. The van der Waals surface area contributed by atoms with Crippen LogP contribution >= 0.6 is 0 Å². The highest BCUT2D eigenvalue weighted by atomic mass is 16.2. The number of carbonyl (C=O) groups is 1. The van der Waals surface area contributed by atoms with Crippen LogP contribution in [0.4, 0.5) is 5.95 Å². The van der Waals surface area contributed by atoms with Crippen molar-refractivity contribution in [2.75, 3.05) is 12.3 Å². The molecule has 1 aromatic heterocycles. The number of hydrogen-bond donors (Lipinski definition) is 1. The smallest absolute Gasteiger partial charge is 0.223 e. The molecule has 2 heterocycles. The molecule has 4 rings (SSSR count). The summed E-state index contributed by atoms with van der Waals surface area (Å²) in [4.78, 5) is 24.0. The summed E-state index contributed by atoms with van der Waals surface area (Å²) in [5.41, 5.74) is 9.98. The number of rotatable bonds is 5. The van der Waals surface area contributed by atoms with Crippen LogP contribution in [-0.2, 0) is 11.2 Å². The van der Waals surface area contributed by atoms with Gasteiger partial charge in [0.25, 0.3) is 0 Å². The highest BCUT2D eigenvalue weighted by molar-refractivity contribution is 5.78. The number of piperidine rings is 1. The molecule has 2 N–H and O–H groups in total. The number of hydrogen-bond acceptors (Lipinski definition) is 4. The summed E-state index contributed by atoms with van der Waals surface area (Å²) in [6, 6.07) is 20.2. The van der Waals surface area contributed by atoms with Gasteiger partial charge in [-0.2, -0.15) is 0 Å². The predicted molar refractivity (Wildman–Crippen MR) is 115 cm³/mol. The monoisotopic (exact) mass is 386 g/mol. The molecular formula is C24H26N4O. The largest absolute Gasteiger partial charge is 0.368 e. The topological polar surface area (TPSA) is 72.1 Å².